The van der Waals surface area contributed by atoms with Gasteiger partial charge in [-0.05, 0) is 51.9 Å². The van der Waals surface area contributed by atoms with Gasteiger partial charge in [0.2, 0.25) is 0 Å². The van der Waals surface area contributed by atoms with Crippen molar-refractivity contribution in [3.8, 4) is 0 Å². The van der Waals surface area contributed by atoms with Gasteiger partial charge in [-0.3, -0.25) is 4.79 Å². The first-order chi connectivity index (χ1) is 9.60. The van der Waals surface area contributed by atoms with Crippen molar-refractivity contribution < 1.29 is 9.18 Å². The van der Waals surface area contributed by atoms with Crippen molar-refractivity contribution in [2.45, 2.75) is 12.4 Å². The van der Waals surface area contributed by atoms with E-state index in [0.29, 0.717) is 21.6 Å². The van der Waals surface area contributed by atoms with E-state index in [1.54, 1.807) is 0 Å². The lowest BCUT2D eigenvalue weighted by atomic mass is 10.1. The van der Waals surface area contributed by atoms with Crippen LogP contribution in [0.2, 0.25) is 0 Å². The average molecular weight is 404 g/mol. The SMILES string of the molecule is O=C(NCc1ccc(CCl)cc1)c1ccc(F)cc1I. The van der Waals surface area contributed by atoms with Gasteiger partial charge < -0.3 is 5.32 Å². The monoisotopic (exact) mass is 403 g/mol. The molecule has 20 heavy (non-hydrogen) atoms. The summed E-state index contributed by atoms with van der Waals surface area (Å²) in [5.74, 6) is -0.0844. The predicted molar refractivity (Wildman–Crippen MR) is 86.3 cm³/mol. The maximum atomic E-state index is 13.0. The topological polar surface area (TPSA) is 29.1 Å². The van der Waals surface area contributed by atoms with Crippen molar-refractivity contribution in [1.82, 2.24) is 5.32 Å². The lowest BCUT2D eigenvalue weighted by Gasteiger charge is -2.07. The molecule has 0 aromatic heterocycles. The first-order valence-electron chi connectivity index (χ1n) is 5.97. The number of halogens is 3. The highest BCUT2D eigenvalue weighted by molar-refractivity contribution is 14.1. The Labute approximate surface area is 135 Å². The second kappa shape index (κ2) is 7.04. The van der Waals surface area contributed by atoms with Crippen LogP contribution in [0.4, 0.5) is 4.39 Å². The Morgan fingerprint density at radius 1 is 1.15 bits per heavy atom. The van der Waals surface area contributed by atoms with Gasteiger partial charge in [0.25, 0.3) is 5.91 Å². The molecule has 0 radical (unpaired) electrons. The van der Waals surface area contributed by atoms with Crippen LogP contribution in [0.1, 0.15) is 21.5 Å². The second-order valence-electron chi connectivity index (χ2n) is 4.26. The Bertz CT molecular complexity index is 616. The molecule has 1 N–H and O–H groups in total. The lowest BCUT2D eigenvalue weighted by Crippen LogP contribution is -2.23. The molecule has 0 spiro atoms. The molecular formula is C15H12ClFINO. The molecule has 0 heterocycles. The summed E-state index contributed by atoms with van der Waals surface area (Å²) in [7, 11) is 0. The van der Waals surface area contributed by atoms with Gasteiger partial charge in [-0.15, -0.1) is 11.6 Å². The number of carbonyl (C=O) groups is 1. The van der Waals surface area contributed by atoms with Crippen LogP contribution in [-0.2, 0) is 12.4 Å². The molecule has 0 fully saturated rings. The number of hydrogen-bond donors (Lipinski definition) is 1. The maximum absolute atomic E-state index is 13.0. The maximum Gasteiger partial charge on any atom is 0.252 e. The molecular weight excluding hydrogens is 392 g/mol. The van der Waals surface area contributed by atoms with Crippen molar-refractivity contribution >= 4 is 40.1 Å². The number of benzene rings is 2. The average Bonchev–Trinajstić information content (AvgIpc) is 2.45. The number of hydrogen-bond acceptors (Lipinski definition) is 1. The predicted octanol–water partition coefficient (Wildman–Crippen LogP) is 4.10. The van der Waals surface area contributed by atoms with Gasteiger partial charge in [-0.25, -0.2) is 4.39 Å². The van der Waals surface area contributed by atoms with Gasteiger partial charge in [-0.1, -0.05) is 24.3 Å². The van der Waals surface area contributed by atoms with E-state index in [2.05, 4.69) is 5.32 Å². The quantitative estimate of drug-likeness (QED) is 0.604. The zero-order chi connectivity index (χ0) is 14.5. The Kier molecular flexibility index (Phi) is 5.37. The van der Waals surface area contributed by atoms with E-state index >= 15 is 0 Å². The van der Waals surface area contributed by atoms with E-state index < -0.39 is 0 Å². The molecule has 0 aliphatic rings. The molecule has 0 aliphatic carbocycles. The number of amides is 1. The standard InChI is InChI=1S/C15H12ClFINO/c16-8-10-1-3-11(4-2-10)9-19-15(20)13-6-5-12(17)7-14(13)18/h1-7H,8-9H2,(H,19,20). The van der Waals surface area contributed by atoms with Crippen molar-refractivity contribution in [3.05, 3.63) is 68.5 Å². The highest BCUT2D eigenvalue weighted by atomic mass is 127. The summed E-state index contributed by atoms with van der Waals surface area (Å²) in [5, 5.41) is 2.81. The van der Waals surface area contributed by atoms with Gasteiger partial charge >= 0.3 is 0 Å². The van der Waals surface area contributed by atoms with Gasteiger partial charge in [0.05, 0.1) is 5.56 Å². The van der Waals surface area contributed by atoms with Gasteiger partial charge in [0, 0.05) is 16.0 Å². The number of carbonyl (C=O) groups excluding carboxylic acids is 1. The number of nitrogens with one attached hydrogen (secondary N) is 1. The van der Waals surface area contributed by atoms with Crippen LogP contribution in [-0.4, -0.2) is 5.91 Å². The van der Waals surface area contributed by atoms with E-state index in [1.807, 2.05) is 46.9 Å². The first kappa shape index (κ1) is 15.3. The fourth-order valence-corrected chi connectivity index (χ4v) is 2.60. The molecule has 0 saturated heterocycles. The van der Waals surface area contributed by atoms with Crippen LogP contribution in [0, 0.1) is 9.39 Å². The third-order valence-electron chi connectivity index (χ3n) is 2.81. The first-order valence-corrected chi connectivity index (χ1v) is 7.58. The summed E-state index contributed by atoms with van der Waals surface area (Å²) in [6.07, 6.45) is 0. The minimum atomic E-state index is -0.345. The second-order valence-corrected chi connectivity index (χ2v) is 5.69. The van der Waals surface area contributed by atoms with Crippen molar-refractivity contribution in [2.24, 2.45) is 0 Å². The molecule has 0 atom stereocenters. The molecule has 2 aromatic rings. The minimum absolute atomic E-state index is 0.212. The van der Waals surface area contributed by atoms with Crippen LogP contribution in [0.5, 0.6) is 0 Å². The zero-order valence-electron chi connectivity index (χ0n) is 10.5. The van der Waals surface area contributed by atoms with E-state index in [-0.39, 0.29) is 11.7 Å². The molecule has 0 aliphatic heterocycles. The summed E-state index contributed by atoms with van der Waals surface area (Å²) >= 11 is 7.67. The highest BCUT2D eigenvalue weighted by Gasteiger charge is 2.10. The molecule has 0 saturated carbocycles. The van der Waals surface area contributed by atoms with Gasteiger partial charge in [-0.2, -0.15) is 0 Å². The van der Waals surface area contributed by atoms with Crippen molar-refractivity contribution in [3.63, 3.8) is 0 Å². The van der Waals surface area contributed by atoms with Crippen LogP contribution in [0.25, 0.3) is 0 Å². The fourth-order valence-electron chi connectivity index (χ4n) is 1.70. The van der Waals surface area contributed by atoms with E-state index in [1.165, 1.54) is 18.2 Å². The smallest absolute Gasteiger partial charge is 0.252 e. The molecule has 2 nitrogen and oxygen atoms in total. The van der Waals surface area contributed by atoms with Crippen LogP contribution < -0.4 is 5.32 Å². The largest absolute Gasteiger partial charge is 0.348 e. The summed E-state index contributed by atoms with van der Waals surface area (Å²) < 4.78 is 13.6. The van der Waals surface area contributed by atoms with Gasteiger partial charge in [0.15, 0.2) is 0 Å². The summed E-state index contributed by atoms with van der Waals surface area (Å²) in [5.41, 5.74) is 2.50. The van der Waals surface area contributed by atoms with Gasteiger partial charge in [0.1, 0.15) is 5.82 Å². The summed E-state index contributed by atoms with van der Waals surface area (Å²) in [6.45, 7) is 0.425. The highest BCUT2D eigenvalue weighted by Crippen LogP contribution is 2.14. The van der Waals surface area contributed by atoms with Crippen LogP contribution in [0.3, 0.4) is 0 Å². The molecule has 104 valence electrons. The molecule has 5 heteroatoms. The fraction of sp³-hybridized carbons (Fsp3) is 0.133. The Morgan fingerprint density at radius 3 is 2.40 bits per heavy atom. The van der Waals surface area contributed by atoms with E-state index in [9.17, 15) is 9.18 Å². The molecule has 2 rings (SSSR count). The molecule has 2 aromatic carbocycles. The lowest BCUT2D eigenvalue weighted by molar-refractivity contribution is 0.0950. The van der Waals surface area contributed by atoms with Crippen molar-refractivity contribution in [2.75, 3.05) is 0 Å². The number of rotatable bonds is 4. The third kappa shape index (κ3) is 3.93. The van der Waals surface area contributed by atoms with Crippen LogP contribution in [0.15, 0.2) is 42.5 Å². The number of alkyl halides is 1. The minimum Gasteiger partial charge on any atom is -0.348 e. The molecule has 0 unspecified atom stereocenters. The van der Waals surface area contributed by atoms with Crippen molar-refractivity contribution in [1.29, 1.82) is 0 Å². The third-order valence-corrected chi connectivity index (χ3v) is 4.01. The normalized spacial score (nSPS) is 10.3. The zero-order valence-corrected chi connectivity index (χ0v) is 13.4. The Balaban J connectivity index is 2.00. The van der Waals surface area contributed by atoms with Crippen LogP contribution >= 0.6 is 34.2 Å². The molecule has 1 amide bonds. The molecule has 0 bridgehead atoms. The van der Waals surface area contributed by atoms with E-state index in [4.69, 9.17) is 11.6 Å². The van der Waals surface area contributed by atoms with E-state index in [0.717, 1.165) is 11.1 Å². The summed E-state index contributed by atoms with van der Waals surface area (Å²) in [4.78, 5) is 12.0. The summed E-state index contributed by atoms with van der Waals surface area (Å²) in [6, 6.07) is 11.8. The Morgan fingerprint density at radius 2 is 1.80 bits per heavy atom. The Hall–Kier alpha value is -1.14.